The lowest BCUT2D eigenvalue weighted by Gasteiger charge is -2.39. The Bertz CT molecular complexity index is 3520. The van der Waals surface area contributed by atoms with E-state index in [0.717, 1.165) is 95.2 Å². The number of nitrogens with zero attached hydrogens (tertiary/aromatic N) is 4. The molecule has 5 heterocycles. The summed E-state index contributed by atoms with van der Waals surface area (Å²) in [6.45, 7) is 0. The molecule has 0 unspecified atom stereocenters. The molecule has 5 heteroatoms. The Labute approximate surface area is 370 Å². The normalized spacial score (nSPS) is 12.9. The molecule has 13 rings (SSSR count). The smallest absolute Gasteiger partial charge is 0.132 e. The van der Waals surface area contributed by atoms with E-state index < -0.39 is 5.41 Å². The number of benzene rings is 7. The van der Waals surface area contributed by atoms with Crippen molar-refractivity contribution in [2.45, 2.75) is 5.41 Å². The summed E-state index contributed by atoms with van der Waals surface area (Å²) >= 11 is 0. The lowest BCUT2D eigenvalue weighted by atomic mass is 9.66. The topological polar surface area (TPSA) is 60.8 Å². The predicted octanol–water partition coefficient (Wildman–Crippen LogP) is 14.4. The second-order valence-electron chi connectivity index (χ2n) is 16.5. The third-order valence-corrected chi connectivity index (χ3v) is 13.0. The molecule has 1 spiro atoms. The van der Waals surface area contributed by atoms with Crippen LogP contribution < -0.4 is 4.74 Å². The molecule has 2 aliphatic rings. The zero-order chi connectivity index (χ0) is 42.2. The lowest BCUT2D eigenvalue weighted by Crippen LogP contribution is -2.32. The first-order valence-corrected chi connectivity index (χ1v) is 21.6. The van der Waals surface area contributed by atoms with Gasteiger partial charge in [0.1, 0.15) is 11.5 Å². The van der Waals surface area contributed by atoms with E-state index in [1.807, 2.05) is 36.4 Å². The molecule has 4 aromatic heterocycles. The fourth-order valence-corrected chi connectivity index (χ4v) is 10.2. The number of aromatic nitrogens is 4. The van der Waals surface area contributed by atoms with E-state index in [2.05, 4.69) is 180 Å². The summed E-state index contributed by atoms with van der Waals surface area (Å²) in [6.07, 6.45) is 3.60. The highest BCUT2D eigenvalue weighted by Crippen LogP contribution is 2.62. The van der Waals surface area contributed by atoms with Gasteiger partial charge in [-0.2, -0.15) is 0 Å². The standard InChI is InChI=1S/C59H36N4O/c1-2-14-39(15-3-1)58-46-35-45-42-16-4-5-17-47(42)59(48-18-6-8-22-56(48)64-57-23-9-7-19-49(57)59)50(45)36-44(46)43-29-28-40(32-53(43)63-58)37-24-26-38(27-25-37)41-33-54(51-20-10-12-30-60-51)62-55(34-41)52-21-11-13-31-61-52/h1-36H. The van der Waals surface area contributed by atoms with Crippen LogP contribution in [-0.2, 0) is 5.41 Å². The van der Waals surface area contributed by atoms with Crippen LogP contribution in [-0.4, -0.2) is 19.9 Å². The van der Waals surface area contributed by atoms with E-state index in [4.69, 9.17) is 14.7 Å². The molecule has 64 heavy (non-hydrogen) atoms. The molecular weight excluding hydrogens is 781 g/mol. The highest BCUT2D eigenvalue weighted by molar-refractivity contribution is 6.14. The van der Waals surface area contributed by atoms with E-state index in [0.29, 0.717) is 0 Å². The van der Waals surface area contributed by atoms with E-state index in [-0.39, 0.29) is 0 Å². The number of para-hydroxylation sites is 2. The van der Waals surface area contributed by atoms with Crippen molar-refractivity contribution in [1.29, 1.82) is 0 Å². The number of hydrogen-bond acceptors (Lipinski definition) is 5. The minimum absolute atomic E-state index is 0.568. The van der Waals surface area contributed by atoms with Crippen LogP contribution in [0.5, 0.6) is 11.5 Å². The Hall–Kier alpha value is -8.54. The third-order valence-electron chi connectivity index (χ3n) is 13.0. The molecule has 0 amide bonds. The van der Waals surface area contributed by atoms with Crippen molar-refractivity contribution in [3.05, 3.63) is 241 Å². The van der Waals surface area contributed by atoms with Gasteiger partial charge in [0.15, 0.2) is 0 Å². The van der Waals surface area contributed by atoms with Gasteiger partial charge in [-0.05, 0) is 117 Å². The van der Waals surface area contributed by atoms with Crippen LogP contribution in [0.1, 0.15) is 22.3 Å². The van der Waals surface area contributed by atoms with Gasteiger partial charge >= 0.3 is 0 Å². The molecule has 0 fully saturated rings. The summed E-state index contributed by atoms with van der Waals surface area (Å²) in [5.41, 5.74) is 17.3. The average molecular weight is 817 g/mol. The second-order valence-corrected chi connectivity index (χ2v) is 16.5. The van der Waals surface area contributed by atoms with Gasteiger partial charge in [0.2, 0.25) is 0 Å². The van der Waals surface area contributed by atoms with Crippen molar-refractivity contribution >= 4 is 21.7 Å². The zero-order valence-corrected chi connectivity index (χ0v) is 34.5. The maximum Gasteiger partial charge on any atom is 0.132 e. The van der Waals surface area contributed by atoms with E-state index in [1.54, 1.807) is 12.4 Å². The minimum atomic E-state index is -0.568. The number of ether oxygens (including phenoxy) is 1. The number of rotatable bonds is 5. The Balaban J connectivity index is 0.987. The summed E-state index contributed by atoms with van der Waals surface area (Å²) in [7, 11) is 0. The molecule has 0 radical (unpaired) electrons. The second kappa shape index (κ2) is 14.3. The van der Waals surface area contributed by atoms with Gasteiger partial charge in [0.05, 0.1) is 39.4 Å². The summed E-state index contributed by atoms with van der Waals surface area (Å²) in [5.74, 6) is 1.77. The van der Waals surface area contributed by atoms with Crippen LogP contribution in [0.4, 0.5) is 0 Å². The van der Waals surface area contributed by atoms with Gasteiger partial charge in [-0.15, -0.1) is 0 Å². The minimum Gasteiger partial charge on any atom is -0.457 e. The van der Waals surface area contributed by atoms with Gasteiger partial charge < -0.3 is 4.74 Å². The summed E-state index contributed by atoms with van der Waals surface area (Å²) in [5, 5.41) is 3.41. The first-order chi connectivity index (χ1) is 31.7. The van der Waals surface area contributed by atoms with Crippen molar-refractivity contribution in [2.24, 2.45) is 0 Å². The Morgan fingerprint density at radius 1 is 0.328 bits per heavy atom. The first kappa shape index (κ1) is 36.1. The maximum absolute atomic E-state index is 6.65. The number of hydrogen-bond donors (Lipinski definition) is 0. The molecule has 298 valence electrons. The lowest BCUT2D eigenvalue weighted by molar-refractivity contribution is 0.436. The van der Waals surface area contributed by atoms with Gasteiger partial charge in [-0.25, -0.2) is 9.97 Å². The van der Waals surface area contributed by atoms with Crippen molar-refractivity contribution in [3.8, 4) is 78.9 Å². The first-order valence-electron chi connectivity index (χ1n) is 21.6. The summed E-state index contributed by atoms with van der Waals surface area (Å²) in [6, 6.07) is 73.0. The highest BCUT2D eigenvalue weighted by atomic mass is 16.5. The third kappa shape index (κ3) is 5.51. The molecule has 0 saturated carbocycles. The SMILES string of the molecule is c1ccc(-c2nc3cc(-c4ccc(-c5cc(-c6ccccn6)nc(-c6ccccn6)c5)cc4)ccc3c3cc4c(cc23)-c2ccccc2C42c3ccccc3Oc3ccccc32)cc1. The van der Waals surface area contributed by atoms with Crippen LogP contribution in [0.25, 0.3) is 89.1 Å². The number of pyridine rings is 4. The van der Waals surface area contributed by atoms with Gasteiger partial charge in [0.25, 0.3) is 0 Å². The van der Waals surface area contributed by atoms with E-state index in [9.17, 15) is 0 Å². The molecule has 0 bridgehead atoms. The summed E-state index contributed by atoms with van der Waals surface area (Å²) < 4.78 is 6.65. The predicted molar refractivity (Wildman–Crippen MR) is 257 cm³/mol. The van der Waals surface area contributed by atoms with Crippen LogP contribution in [0.15, 0.2) is 219 Å². The Kier molecular flexibility index (Phi) is 8.06. The fraction of sp³-hybridized carbons (Fsp3) is 0.0169. The van der Waals surface area contributed by atoms with Crippen LogP contribution in [0, 0.1) is 0 Å². The van der Waals surface area contributed by atoms with E-state index in [1.165, 1.54) is 27.6 Å². The Morgan fingerprint density at radius 3 is 1.56 bits per heavy atom. The fourth-order valence-electron chi connectivity index (χ4n) is 10.2. The molecule has 0 atom stereocenters. The molecule has 0 N–H and O–H groups in total. The molecule has 1 aliphatic carbocycles. The van der Waals surface area contributed by atoms with Gasteiger partial charge in [-0.1, -0.05) is 140 Å². The summed E-state index contributed by atoms with van der Waals surface area (Å²) in [4.78, 5) is 19.7. The quantitative estimate of drug-likeness (QED) is 0.162. The largest absolute Gasteiger partial charge is 0.457 e. The average Bonchev–Trinajstić information content (AvgIpc) is 3.65. The molecular formula is C59H36N4O. The van der Waals surface area contributed by atoms with Gasteiger partial charge in [-0.3, -0.25) is 9.97 Å². The number of fused-ring (bicyclic) bond motifs is 12. The zero-order valence-electron chi connectivity index (χ0n) is 34.5. The van der Waals surface area contributed by atoms with Gasteiger partial charge in [0, 0.05) is 39.9 Å². The van der Waals surface area contributed by atoms with Crippen molar-refractivity contribution < 1.29 is 4.74 Å². The molecule has 5 nitrogen and oxygen atoms in total. The van der Waals surface area contributed by atoms with Crippen LogP contribution in [0.3, 0.4) is 0 Å². The van der Waals surface area contributed by atoms with Crippen molar-refractivity contribution in [1.82, 2.24) is 19.9 Å². The van der Waals surface area contributed by atoms with E-state index >= 15 is 0 Å². The highest BCUT2D eigenvalue weighted by Gasteiger charge is 2.51. The molecule has 7 aromatic carbocycles. The molecule has 1 aliphatic heterocycles. The Morgan fingerprint density at radius 2 is 0.906 bits per heavy atom. The molecule has 11 aromatic rings. The van der Waals surface area contributed by atoms with Crippen LogP contribution in [0.2, 0.25) is 0 Å². The van der Waals surface area contributed by atoms with Crippen molar-refractivity contribution in [3.63, 3.8) is 0 Å². The molecule has 0 saturated heterocycles. The van der Waals surface area contributed by atoms with Crippen molar-refractivity contribution in [2.75, 3.05) is 0 Å². The monoisotopic (exact) mass is 816 g/mol. The maximum atomic E-state index is 6.65. The van der Waals surface area contributed by atoms with Crippen LogP contribution >= 0.6 is 0 Å².